The molecule has 1 fully saturated rings. The van der Waals surface area contributed by atoms with Crippen LogP contribution in [-0.2, 0) is 10.0 Å². The summed E-state index contributed by atoms with van der Waals surface area (Å²) in [4.78, 5) is 9.71. The minimum absolute atomic E-state index is 0.0898. The van der Waals surface area contributed by atoms with Crippen LogP contribution in [-0.4, -0.2) is 35.8 Å². The average molecular weight is 310 g/mol. The van der Waals surface area contributed by atoms with Gasteiger partial charge in [-0.2, -0.15) is 4.31 Å². The second kappa shape index (κ2) is 5.71. The lowest BCUT2D eigenvalue weighted by Gasteiger charge is -2.19. The Morgan fingerprint density at radius 2 is 2.14 bits per heavy atom. The second-order valence-corrected chi connectivity index (χ2v) is 6.79. The molecule has 1 N–H and O–H groups in total. The van der Waals surface area contributed by atoms with Crippen molar-refractivity contribution in [2.24, 2.45) is 5.92 Å². The van der Waals surface area contributed by atoms with Gasteiger partial charge >= 0.3 is 5.69 Å². The topological polar surface area (TPSA) is 101 Å². The maximum absolute atomic E-state index is 12.5. The summed E-state index contributed by atoms with van der Waals surface area (Å²) in [6.45, 7) is 0.217. The second-order valence-electron chi connectivity index (χ2n) is 4.85. The lowest BCUT2D eigenvalue weighted by Crippen LogP contribution is -2.33. The van der Waals surface area contributed by atoms with Crippen molar-refractivity contribution >= 4 is 15.7 Å². The zero-order valence-electron chi connectivity index (χ0n) is 11.1. The number of nitrogens with zero attached hydrogens (tertiary/aromatic N) is 2. The molecule has 112 valence electrons. The van der Waals surface area contributed by atoms with Crippen LogP contribution < -0.4 is 0 Å². The quantitative estimate of drug-likeness (QED) is 0.485. The van der Waals surface area contributed by atoms with Crippen LogP contribution in [0.4, 0.5) is 5.69 Å². The van der Waals surface area contributed by atoms with Gasteiger partial charge in [-0.05, 0) is 30.9 Å². The molecule has 0 bridgehead atoms. The molecule has 0 saturated heterocycles. The van der Waals surface area contributed by atoms with E-state index in [0.717, 1.165) is 35.3 Å². The molecule has 0 heterocycles. The third-order valence-corrected chi connectivity index (χ3v) is 5.02. The van der Waals surface area contributed by atoms with Gasteiger partial charge in [0.1, 0.15) is 0 Å². The molecule has 1 saturated carbocycles. The maximum Gasteiger partial charge on any atom is 0.312 e. The third kappa shape index (κ3) is 3.32. The molecule has 1 aliphatic carbocycles. The van der Waals surface area contributed by atoms with E-state index < -0.39 is 26.4 Å². The summed E-state index contributed by atoms with van der Waals surface area (Å²) in [7, 11) is -3.92. The Morgan fingerprint density at radius 3 is 2.67 bits per heavy atom. The van der Waals surface area contributed by atoms with Gasteiger partial charge in [-0.15, -0.1) is 6.42 Å². The normalized spacial score (nSPS) is 14.9. The van der Waals surface area contributed by atoms with Gasteiger partial charge in [-0.1, -0.05) is 5.92 Å². The SMILES string of the molecule is C#CCN(CC1CC1)S(=O)(=O)c1ccc(O)c([N+](=O)[O-])c1. The Morgan fingerprint density at radius 1 is 1.48 bits per heavy atom. The van der Waals surface area contributed by atoms with Gasteiger partial charge in [0.25, 0.3) is 0 Å². The van der Waals surface area contributed by atoms with Crippen molar-refractivity contribution in [3.8, 4) is 18.1 Å². The summed E-state index contributed by atoms with van der Waals surface area (Å²) in [5, 5.41) is 20.2. The van der Waals surface area contributed by atoms with Gasteiger partial charge in [-0.3, -0.25) is 10.1 Å². The predicted octanol–water partition coefficient (Wildman–Crippen LogP) is 1.33. The van der Waals surface area contributed by atoms with E-state index in [9.17, 15) is 23.6 Å². The van der Waals surface area contributed by atoms with Gasteiger partial charge in [0.05, 0.1) is 16.4 Å². The largest absolute Gasteiger partial charge is 0.502 e. The van der Waals surface area contributed by atoms with Crippen molar-refractivity contribution in [3.05, 3.63) is 28.3 Å². The molecular weight excluding hydrogens is 296 g/mol. The molecule has 0 atom stereocenters. The Balaban J connectivity index is 2.39. The first-order chi connectivity index (χ1) is 9.86. The number of phenols is 1. The van der Waals surface area contributed by atoms with Gasteiger partial charge in [0.2, 0.25) is 10.0 Å². The number of terminal acetylenes is 1. The Kier molecular flexibility index (Phi) is 4.16. The molecule has 0 spiro atoms. The van der Waals surface area contributed by atoms with Crippen LogP contribution in [0.3, 0.4) is 0 Å². The molecular formula is C13H14N2O5S. The lowest BCUT2D eigenvalue weighted by atomic mass is 10.3. The van der Waals surface area contributed by atoms with E-state index in [2.05, 4.69) is 5.92 Å². The maximum atomic E-state index is 12.5. The minimum Gasteiger partial charge on any atom is -0.502 e. The molecule has 21 heavy (non-hydrogen) atoms. The smallest absolute Gasteiger partial charge is 0.312 e. The molecule has 0 radical (unpaired) electrons. The fourth-order valence-corrected chi connectivity index (χ4v) is 3.35. The highest BCUT2D eigenvalue weighted by Gasteiger charge is 2.32. The average Bonchev–Trinajstić information content (AvgIpc) is 3.22. The van der Waals surface area contributed by atoms with E-state index in [1.54, 1.807) is 0 Å². The molecule has 1 aromatic rings. The van der Waals surface area contributed by atoms with E-state index >= 15 is 0 Å². The highest BCUT2D eigenvalue weighted by molar-refractivity contribution is 7.89. The molecule has 7 nitrogen and oxygen atoms in total. The zero-order valence-corrected chi connectivity index (χ0v) is 11.9. The molecule has 0 unspecified atom stereocenters. The summed E-state index contributed by atoms with van der Waals surface area (Å²) in [5.74, 6) is 2.00. The number of sulfonamides is 1. The predicted molar refractivity (Wildman–Crippen MR) is 75.1 cm³/mol. The lowest BCUT2D eigenvalue weighted by molar-refractivity contribution is -0.386. The summed E-state index contributed by atoms with van der Waals surface area (Å²) in [6.07, 6.45) is 7.10. The number of hydrogen-bond acceptors (Lipinski definition) is 5. The molecule has 0 amide bonds. The first-order valence-electron chi connectivity index (χ1n) is 6.27. The fraction of sp³-hybridized carbons (Fsp3) is 0.385. The van der Waals surface area contributed by atoms with Crippen LogP contribution in [0.2, 0.25) is 0 Å². The first kappa shape index (κ1) is 15.3. The van der Waals surface area contributed by atoms with E-state index in [1.807, 2.05) is 0 Å². The number of hydrogen-bond donors (Lipinski definition) is 1. The standard InChI is InChI=1S/C13H14N2O5S/c1-2-7-14(9-10-3-4-10)21(19,20)11-5-6-13(16)12(8-11)15(17)18/h1,5-6,8,10,16H,3-4,7,9H2. The molecule has 0 aliphatic heterocycles. The van der Waals surface area contributed by atoms with E-state index in [4.69, 9.17) is 6.42 Å². The molecule has 1 aromatic carbocycles. The number of nitro benzene ring substituents is 1. The zero-order chi connectivity index (χ0) is 15.6. The molecule has 8 heteroatoms. The van der Waals surface area contributed by atoms with Crippen LogP contribution in [0.25, 0.3) is 0 Å². The summed E-state index contributed by atoms with van der Waals surface area (Å²) >= 11 is 0. The third-order valence-electron chi connectivity index (χ3n) is 3.21. The summed E-state index contributed by atoms with van der Waals surface area (Å²) in [5.41, 5.74) is -0.650. The van der Waals surface area contributed by atoms with E-state index in [1.165, 1.54) is 0 Å². The van der Waals surface area contributed by atoms with Crippen LogP contribution in [0.15, 0.2) is 23.1 Å². The van der Waals surface area contributed by atoms with E-state index in [-0.39, 0.29) is 11.4 Å². The van der Waals surface area contributed by atoms with Crippen molar-refractivity contribution in [2.75, 3.05) is 13.1 Å². The molecule has 1 aliphatic rings. The number of benzene rings is 1. The van der Waals surface area contributed by atoms with Gasteiger partial charge < -0.3 is 5.11 Å². The molecule has 0 aromatic heterocycles. The Hall–Kier alpha value is -2.11. The van der Waals surface area contributed by atoms with Crippen molar-refractivity contribution in [1.82, 2.24) is 4.31 Å². The summed E-state index contributed by atoms with van der Waals surface area (Å²) in [6, 6.07) is 2.98. The van der Waals surface area contributed by atoms with Crippen LogP contribution in [0.1, 0.15) is 12.8 Å². The minimum atomic E-state index is -3.92. The van der Waals surface area contributed by atoms with Gasteiger partial charge in [0.15, 0.2) is 5.75 Å². The van der Waals surface area contributed by atoms with Crippen LogP contribution >= 0.6 is 0 Å². The van der Waals surface area contributed by atoms with Gasteiger partial charge in [0, 0.05) is 12.6 Å². The number of rotatable bonds is 6. The van der Waals surface area contributed by atoms with Crippen molar-refractivity contribution in [1.29, 1.82) is 0 Å². The highest BCUT2D eigenvalue weighted by atomic mass is 32.2. The number of phenolic OH excluding ortho intramolecular Hbond substituents is 1. The van der Waals surface area contributed by atoms with Crippen LogP contribution in [0.5, 0.6) is 5.75 Å². The van der Waals surface area contributed by atoms with E-state index in [0.29, 0.717) is 12.5 Å². The van der Waals surface area contributed by atoms with Crippen LogP contribution in [0, 0.1) is 28.4 Å². The highest BCUT2D eigenvalue weighted by Crippen LogP contribution is 2.33. The fourth-order valence-electron chi connectivity index (χ4n) is 1.90. The van der Waals surface area contributed by atoms with Gasteiger partial charge in [-0.25, -0.2) is 8.42 Å². The molecule has 2 rings (SSSR count). The number of nitro groups is 1. The van der Waals surface area contributed by atoms with Crippen molar-refractivity contribution in [3.63, 3.8) is 0 Å². The Labute approximate surface area is 122 Å². The summed E-state index contributed by atoms with van der Waals surface area (Å²) < 4.78 is 26.1. The van der Waals surface area contributed by atoms with Crippen molar-refractivity contribution in [2.45, 2.75) is 17.7 Å². The monoisotopic (exact) mass is 310 g/mol. The first-order valence-corrected chi connectivity index (χ1v) is 7.71. The number of aromatic hydroxyl groups is 1. The Bertz CT molecular complexity index is 704. The van der Waals surface area contributed by atoms with Crippen molar-refractivity contribution < 1.29 is 18.4 Å².